The SMILES string of the molecule is CCC[C@@H](NC(=O)CNC(=O)OCc1ccccc1)C(=O)O. The van der Waals surface area contributed by atoms with Crippen LogP contribution < -0.4 is 10.6 Å². The number of amides is 2. The first-order chi connectivity index (χ1) is 10.5. The van der Waals surface area contributed by atoms with Gasteiger partial charge in [-0.25, -0.2) is 9.59 Å². The number of rotatable bonds is 8. The van der Waals surface area contributed by atoms with Crippen LogP contribution in [-0.4, -0.2) is 35.7 Å². The lowest BCUT2D eigenvalue weighted by Crippen LogP contribution is -2.45. The zero-order valence-electron chi connectivity index (χ0n) is 12.4. The van der Waals surface area contributed by atoms with Gasteiger partial charge in [0, 0.05) is 0 Å². The van der Waals surface area contributed by atoms with Gasteiger partial charge in [0.05, 0.1) is 0 Å². The summed E-state index contributed by atoms with van der Waals surface area (Å²) in [5.74, 6) is -1.67. The molecule has 1 aromatic carbocycles. The van der Waals surface area contributed by atoms with E-state index in [2.05, 4.69) is 10.6 Å². The van der Waals surface area contributed by atoms with Gasteiger partial charge in [-0.3, -0.25) is 4.79 Å². The average molecular weight is 308 g/mol. The highest BCUT2D eigenvalue weighted by molar-refractivity contribution is 5.86. The Kier molecular flexibility index (Phi) is 7.45. The van der Waals surface area contributed by atoms with Crippen molar-refractivity contribution in [1.82, 2.24) is 10.6 Å². The first kappa shape index (κ1) is 17.5. The maximum atomic E-state index is 11.6. The fraction of sp³-hybridized carbons (Fsp3) is 0.400. The number of nitrogens with one attached hydrogen (secondary N) is 2. The summed E-state index contributed by atoms with van der Waals surface area (Å²) in [5.41, 5.74) is 0.830. The number of carboxylic acid groups (broad SMARTS) is 1. The lowest BCUT2D eigenvalue weighted by molar-refractivity contribution is -0.141. The predicted octanol–water partition coefficient (Wildman–Crippen LogP) is 1.28. The Morgan fingerprint density at radius 2 is 1.91 bits per heavy atom. The van der Waals surface area contributed by atoms with Gasteiger partial charge in [0.1, 0.15) is 19.2 Å². The van der Waals surface area contributed by atoms with Crippen LogP contribution >= 0.6 is 0 Å². The zero-order chi connectivity index (χ0) is 16.4. The van der Waals surface area contributed by atoms with Crippen molar-refractivity contribution in [2.24, 2.45) is 0 Å². The summed E-state index contributed by atoms with van der Waals surface area (Å²) in [4.78, 5) is 33.9. The summed E-state index contributed by atoms with van der Waals surface area (Å²) in [6.45, 7) is 1.59. The van der Waals surface area contributed by atoms with Crippen LogP contribution in [0, 0.1) is 0 Å². The lowest BCUT2D eigenvalue weighted by atomic mass is 10.1. The maximum absolute atomic E-state index is 11.6. The van der Waals surface area contributed by atoms with Crippen molar-refractivity contribution in [2.75, 3.05) is 6.54 Å². The van der Waals surface area contributed by atoms with Crippen molar-refractivity contribution in [3.05, 3.63) is 35.9 Å². The van der Waals surface area contributed by atoms with E-state index in [-0.39, 0.29) is 13.2 Å². The molecule has 1 aromatic rings. The molecule has 0 saturated carbocycles. The fourth-order valence-electron chi connectivity index (χ4n) is 1.72. The second-order valence-corrected chi connectivity index (χ2v) is 4.66. The van der Waals surface area contributed by atoms with Gasteiger partial charge in [-0.1, -0.05) is 43.7 Å². The quantitative estimate of drug-likeness (QED) is 0.671. The number of ether oxygens (including phenoxy) is 1. The van der Waals surface area contributed by atoms with Crippen LogP contribution in [0.15, 0.2) is 30.3 Å². The molecule has 120 valence electrons. The Balaban J connectivity index is 2.28. The fourth-order valence-corrected chi connectivity index (χ4v) is 1.72. The largest absolute Gasteiger partial charge is 0.480 e. The van der Waals surface area contributed by atoms with Crippen LogP contribution in [0.4, 0.5) is 4.79 Å². The average Bonchev–Trinajstić information content (AvgIpc) is 2.51. The Morgan fingerprint density at radius 3 is 2.50 bits per heavy atom. The van der Waals surface area contributed by atoms with E-state index in [9.17, 15) is 14.4 Å². The third-order valence-electron chi connectivity index (χ3n) is 2.82. The molecule has 2 amide bonds. The number of alkyl carbamates (subject to hydrolysis) is 1. The number of carbonyl (C=O) groups excluding carboxylic acids is 2. The number of aliphatic carboxylic acids is 1. The molecule has 1 rings (SSSR count). The minimum absolute atomic E-state index is 0.0991. The molecule has 0 unspecified atom stereocenters. The zero-order valence-corrected chi connectivity index (χ0v) is 12.4. The minimum Gasteiger partial charge on any atom is -0.480 e. The molecule has 22 heavy (non-hydrogen) atoms. The van der Waals surface area contributed by atoms with E-state index in [1.165, 1.54) is 0 Å². The van der Waals surface area contributed by atoms with Gasteiger partial charge in [0.2, 0.25) is 5.91 Å². The minimum atomic E-state index is -1.10. The second kappa shape index (κ2) is 9.38. The van der Waals surface area contributed by atoms with E-state index in [4.69, 9.17) is 9.84 Å². The van der Waals surface area contributed by atoms with E-state index in [1.54, 1.807) is 0 Å². The molecule has 0 spiro atoms. The van der Waals surface area contributed by atoms with E-state index in [0.717, 1.165) is 5.56 Å². The summed E-state index contributed by atoms with van der Waals surface area (Å²) >= 11 is 0. The molecule has 0 bridgehead atoms. The first-order valence-electron chi connectivity index (χ1n) is 6.99. The highest BCUT2D eigenvalue weighted by atomic mass is 16.5. The van der Waals surface area contributed by atoms with E-state index < -0.39 is 24.0 Å². The predicted molar refractivity (Wildman–Crippen MR) is 79.1 cm³/mol. The molecule has 1 atom stereocenters. The van der Waals surface area contributed by atoms with Gasteiger partial charge in [-0.15, -0.1) is 0 Å². The molecule has 7 nitrogen and oxygen atoms in total. The molecular weight excluding hydrogens is 288 g/mol. The topological polar surface area (TPSA) is 105 Å². The molecule has 0 aromatic heterocycles. The second-order valence-electron chi connectivity index (χ2n) is 4.66. The summed E-state index contributed by atoms with van der Waals surface area (Å²) in [6.07, 6.45) is 0.227. The molecule has 0 fully saturated rings. The van der Waals surface area contributed by atoms with Gasteiger partial charge in [0.15, 0.2) is 0 Å². The van der Waals surface area contributed by atoms with Crippen molar-refractivity contribution >= 4 is 18.0 Å². The van der Waals surface area contributed by atoms with Crippen molar-refractivity contribution in [2.45, 2.75) is 32.4 Å². The monoisotopic (exact) mass is 308 g/mol. The Hall–Kier alpha value is -2.57. The van der Waals surface area contributed by atoms with Crippen LogP contribution in [-0.2, 0) is 20.9 Å². The van der Waals surface area contributed by atoms with Crippen LogP contribution in [0.2, 0.25) is 0 Å². The summed E-state index contributed by atoms with van der Waals surface area (Å²) in [6, 6.07) is 8.17. The third kappa shape index (κ3) is 6.74. The Bertz CT molecular complexity index is 504. The van der Waals surface area contributed by atoms with Crippen LogP contribution in [0.3, 0.4) is 0 Å². The van der Waals surface area contributed by atoms with Crippen molar-refractivity contribution in [3.63, 3.8) is 0 Å². The van der Waals surface area contributed by atoms with Crippen molar-refractivity contribution in [3.8, 4) is 0 Å². The van der Waals surface area contributed by atoms with Crippen LogP contribution in [0.1, 0.15) is 25.3 Å². The van der Waals surface area contributed by atoms with Crippen LogP contribution in [0.5, 0.6) is 0 Å². The molecule has 0 heterocycles. The summed E-state index contributed by atoms with van der Waals surface area (Å²) in [7, 11) is 0. The highest BCUT2D eigenvalue weighted by Crippen LogP contribution is 2.00. The van der Waals surface area contributed by atoms with E-state index in [0.29, 0.717) is 12.8 Å². The highest BCUT2D eigenvalue weighted by Gasteiger charge is 2.18. The first-order valence-corrected chi connectivity index (χ1v) is 6.99. The normalized spacial score (nSPS) is 11.3. The molecule has 3 N–H and O–H groups in total. The van der Waals surface area contributed by atoms with Gasteiger partial charge >= 0.3 is 12.1 Å². The Labute approximate surface area is 128 Å². The number of hydrogen-bond acceptors (Lipinski definition) is 4. The molecule has 0 aliphatic carbocycles. The number of carbonyl (C=O) groups is 3. The van der Waals surface area contributed by atoms with Gasteiger partial charge in [-0.05, 0) is 12.0 Å². The summed E-state index contributed by atoms with van der Waals surface area (Å²) < 4.78 is 4.93. The Morgan fingerprint density at radius 1 is 1.23 bits per heavy atom. The van der Waals surface area contributed by atoms with Crippen LogP contribution in [0.25, 0.3) is 0 Å². The molecule has 0 aliphatic heterocycles. The van der Waals surface area contributed by atoms with Gasteiger partial charge in [-0.2, -0.15) is 0 Å². The molecule has 0 aliphatic rings. The number of hydrogen-bond donors (Lipinski definition) is 3. The van der Waals surface area contributed by atoms with E-state index in [1.807, 2.05) is 37.3 Å². The van der Waals surface area contributed by atoms with E-state index >= 15 is 0 Å². The van der Waals surface area contributed by atoms with Crippen molar-refractivity contribution in [1.29, 1.82) is 0 Å². The third-order valence-corrected chi connectivity index (χ3v) is 2.82. The molecule has 0 saturated heterocycles. The van der Waals surface area contributed by atoms with Crippen molar-refractivity contribution < 1.29 is 24.2 Å². The number of carboxylic acids is 1. The van der Waals surface area contributed by atoms with Gasteiger partial charge < -0.3 is 20.5 Å². The summed E-state index contributed by atoms with van der Waals surface area (Å²) in [5, 5.41) is 13.5. The molecule has 7 heteroatoms. The smallest absolute Gasteiger partial charge is 0.407 e. The van der Waals surface area contributed by atoms with Gasteiger partial charge in [0.25, 0.3) is 0 Å². The number of benzene rings is 1. The molecule has 0 radical (unpaired) electrons. The maximum Gasteiger partial charge on any atom is 0.407 e. The standard InChI is InChI=1S/C15H20N2O5/c1-2-6-12(14(19)20)17-13(18)9-16-15(21)22-10-11-7-4-3-5-8-11/h3-5,7-8,12H,2,6,9-10H2,1H3,(H,16,21)(H,17,18)(H,19,20)/t12-/m1/s1. The molecular formula is C15H20N2O5. The lowest BCUT2D eigenvalue weighted by Gasteiger charge is -2.13.